The standard InChI is InChI=1S/C12H12N4O/c1-16-10(7-8-14-16)15-12(13)11(17)9-5-3-2-4-6-9/h2-8H,1H3,(H2,13,15). The maximum absolute atomic E-state index is 11.9. The topological polar surface area (TPSA) is 73.3 Å². The fourth-order valence-electron chi connectivity index (χ4n) is 1.39. The predicted molar refractivity (Wildman–Crippen MR) is 65.3 cm³/mol. The summed E-state index contributed by atoms with van der Waals surface area (Å²) < 4.78 is 1.55. The summed E-state index contributed by atoms with van der Waals surface area (Å²) >= 11 is 0. The molecule has 0 radical (unpaired) electrons. The van der Waals surface area contributed by atoms with E-state index < -0.39 is 0 Å². The number of nitrogens with zero attached hydrogens (tertiary/aromatic N) is 3. The maximum atomic E-state index is 11.9. The average Bonchev–Trinajstić information content (AvgIpc) is 2.75. The Balaban J connectivity index is 2.27. The molecule has 5 heteroatoms. The zero-order chi connectivity index (χ0) is 12.3. The molecule has 5 nitrogen and oxygen atoms in total. The van der Waals surface area contributed by atoms with Crippen LogP contribution in [-0.4, -0.2) is 21.4 Å². The van der Waals surface area contributed by atoms with Crippen molar-refractivity contribution >= 4 is 17.4 Å². The molecule has 1 aromatic carbocycles. The normalized spacial score (nSPS) is 11.5. The first-order valence-corrected chi connectivity index (χ1v) is 5.10. The van der Waals surface area contributed by atoms with Crippen molar-refractivity contribution in [2.75, 3.05) is 0 Å². The van der Waals surface area contributed by atoms with Crippen molar-refractivity contribution in [3.63, 3.8) is 0 Å². The van der Waals surface area contributed by atoms with Gasteiger partial charge >= 0.3 is 0 Å². The monoisotopic (exact) mass is 228 g/mol. The Hall–Kier alpha value is -2.43. The molecule has 2 N–H and O–H groups in total. The first-order valence-electron chi connectivity index (χ1n) is 5.10. The van der Waals surface area contributed by atoms with Crippen LogP contribution in [0.4, 0.5) is 5.82 Å². The third kappa shape index (κ3) is 2.39. The van der Waals surface area contributed by atoms with Crippen molar-refractivity contribution in [3.8, 4) is 0 Å². The first kappa shape index (κ1) is 11.1. The molecule has 0 aliphatic heterocycles. The van der Waals surface area contributed by atoms with E-state index in [-0.39, 0.29) is 11.6 Å². The van der Waals surface area contributed by atoms with E-state index in [0.717, 1.165) is 0 Å². The van der Waals surface area contributed by atoms with Crippen LogP contribution < -0.4 is 5.73 Å². The smallest absolute Gasteiger partial charge is 0.227 e. The summed E-state index contributed by atoms with van der Waals surface area (Å²) in [4.78, 5) is 15.9. The van der Waals surface area contributed by atoms with Gasteiger partial charge in [0, 0.05) is 18.7 Å². The molecule has 1 aromatic heterocycles. The van der Waals surface area contributed by atoms with E-state index >= 15 is 0 Å². The minimum atomic E-state index is -0.285. The molecule has 0 unspecified atom stereocenters. The van der Waals surface area contributed by atoms with Crippen LogP contribution in [0.25, 0.3) is 0 Å². The summed E-state index contributed by atoms with van der Waals surface area (Å²) in [5.41, 5.74) is 6.19. The predicted octanol–water partition coefficient (Wildman–Crippen LogP) is 1.29. The molecule has 0 atom stereocenters. The Kier molecular flexibility index (Phi) is 3.00. The van der Waals surface area contributed by atoms with Gasteiger partial charge in [-0.2, -0.15) is 5.10 Å². The van der Waals surface area contributed by atoms with E-state index in [2.05, 4.69) is 10.1 Å². The maximum Gasteiger partial charge on any atom is 0.227 e. The van der Waals surface area contributed by atoms with Gasteiger partial charge in [-0.05, 0) is 0 Å². The molecular formula is C12H12N4O. The highest BCUT2D eigenvalue weighted by atomic mass is 16.1. The quantitative estimate of drug-likeness (QED) is 0.488. The molecule has 0 spiro atoms. The zero-order valence-electron chi connectivity index (χ0n) is 9.37. The molecule has 0 saturated heterocycles. The highest BCUT2D eigenvalue weighted by Gasteiger charge is 2.10. The number of hydrogen-bond donors (Lipinski definition) is 1. The van der Waals surface area contributed by atoms with Crippen LogP contribution in [-0.2, 0) is 7.05 Å². The van der Waals surface area contributed by atoms with Gasteiger partial charge in [0.15, 0.2) is 11.7 Å². The lowest BCUT2D eigenvalue weighted by Crippen LogP contribution is -2.23. The van der Waals surface area contributed by atoms with Gasteiger partial charge in [0.2, 0.25) is 5.78 Å². The Morgan fingerprint density at radius 1 is 1.29 bits per heavy atom. The van der Waals surface area contributed by atoms with E-state index in [1.807, 2.05) is 6.07 Å². The van der Waals surface area contributed by atoms with Crippen LogP contribution >= 0.6 is 0 Å². The van der Waals surface area contributed by atoms with Gasteiger partial charge in [-0.25, -0.2) is 4.99 Å². The number of rotatable bonds is 3. The number of Topliss-reactive ketones (excluding diaryl/α,β-unsaturated/α-hetero) is 1. The van der Waals surface area contributed by atoms with Crippen molar-refractivity contribution in [3.05, 3.63) is 48.2 Å². The molecular weight excluding hydrogens is 216 g/mol. The number of hydrogen-bond acceptors (Lipinski definition) is 3. The lowest BCUT2D eigenvalue weighted by molar-refractivity contribution is 0.106. The second-order valence-electron chi connectivity index (χ2n) is 3.51. The summed E-state index contributed by atoms with van der Waals surface area (Å²) in [5.74, 6) is 0.221. The number of ketones is 1. The van der Waals surface area contributed by atoms with Crippen LogP contribution in [0.3, 0.4) is 0 Å². The minimum absolute atomic E-state index is 0.0419. The van der Waals surface area contributed by atoms with Gasteiger partial charge in [-0.1, -0.05) is 30.3 Å². The third-order valence-electron chi connectivity index (χ3n) is 2.30. The van der Waals surface area contributed by atoms with Crippen LogP contribution in [0.1, 0.15) is 10.4 Å². The van der Waals surface area contributed by atoms with Crippen LogP contribution in [0.2, 0.25) is 0 Å². The third-order valence-corrected chi connectivity index (χ3v) is 2.30. The van der Waals surface area contributed by atoms with Crippen molar-refractivity contribution in [1.82, 2.24) is 9.78 Å². The molecule has 2 rings (SSSR count). The van der Waals surface area contributed by atoms with Crippen LogP contribution in [0.15, 0.2) is 47.6 Å². The highest BCUT2D eigenvalue weighted by molar-refractivity contribution is 6.44. The molecule has 0 aliphatic rings. The summed E-state index contributed by atoms with van der Waals surface area (Å²) in [7, 11) is 1.74. The second kappa shape index (κ2) is 4.61. The first-order chi connectivity index (χ1) is 8.18. The highest BCUT2D eigenvalue weighted by Crippen LogP contribution is 2.09. The molecule has 17 heavy (non-hydrogen) atoms. The van der Waals surface area contributed by atoms with Crippen molar-refractivity contribution in [2.45, 2.75) is 0 Å². The lowest BCUT2D eigenvalue weighted by Gasteiger charge is -2.00. The van der Waals surface area contributed by atoms with E-state index in [0.29, 0.717) is 11.4 Å². The van der Waals surface area contributed by atoms with Gasteiger partial charge in [-0.15, -0.1) is 0 Å². The average molecular weight is 228 g/mol. The summed E-state index contributed by atoms with van der Waals surface area (Å²) in [6, 6.07) is 10.5. The van der Waals surface area contributed by atoms with Crippen molar-refractivity contribution in [2.24, 2.45) is 17.8 Å². The molecule has 1 heterocycles. The molecule has 0 saturated carbocycles. The van der Waals surface area contributed by atoms with Crippen LogP contribution in [0, 0.1) is 0 Å². The molecule has 0 aliphatic carbocycles. The van der Waals surface area contributed by atoms with Crippen LogP contribution in [0.5, 0.6) is 0 Å². The lowest BCUT2D eigenvalue weighted by atomic mass is 10.1. The number of aliphatic imine (C=N–C) groups is 1. The Labute approximate surface area is 98.6 Å². The van der Waals surface area contributed by atoms with Gasteiger partial charge in [0.1, 0.15) is 0 Å². The minimum Gasteiger partial charge on any atom is -0.380 e. The van der Waals surface area contributed by atoms with Crippen molar-refractivity contribution < 1.29 is 4.79 Å². The van der Waals surface area contributed by atoms with E-state index in [1.165, 1.54) is 0 Å². The van der Waals surface area contributed by atoms with E-state index in [9.17, 15) is 4.79 Å². The van der Waals surface area contributed by atoms with Crippen molar-refractivity contribution in [1.29, 1.82) is 0 Å². The molecule has 86 valence electrons. The number of aryl methyl sites for hydroxylation is 1. The van der Waals surface area contributed by atoms with E-state index in [1.54, 1.807) is 48.3 Å². The summed E-state index contributed by atoms with van der Waals surface area (Å²) in [6.07, 6.45) is 1.60. The Bertz CT molecular complexity index is 557. The molecule has 0 fully saturated rings. The fraction of sp³-hybridized carbons (Fsp3) is 0.0833. The Morgan fingerprint density at radius 2 is 2.00 bits per heavy atom. The number of amidine groups is 1. The second-order valence-corrected chi connectivity index (χ2v) is 3.51. The fourth-order valence-corrected chi connectivity index (χ4v) is 1.39. The molecule has 0 amide bonds. The van der Waals surface area contributed by atoms with Gasteiger partial charge < -0.3 is 5.73 Å². The molecule has 0 bridgehead atoms. The van der Waals surface area contributed by atoms with Gasteiger partial charge in [-0.3, -0.25) is 9.48 Å². The number of carbonyl (C=O) groups excluding carboxylic acids is 1. The van der Waals surface area contributed by atoms with E-state index in [4.69, 9.17) is 5.73 Å². The SMILES string of the molecule is Cn1nccc1N=C(N)C(=O)c1ccccc1. The number of benzene rings is 1. The number of aromatic nitrogens is 2. The molecule has 2 aromatic rings. The Morgan fingerprint density at radius 3 is 2.59 bits per heavy atom. The number of carbonyl (C=O) groups is 1. The van der Waals surface area contributed by atoms with Gasteiger partial charge in [0.25, 0.3) is 0 Å². The summed E-state index contributed by atoms with van der Waals surface area (Å²) in [6.45, 7) is 0. The zero-order valence-corrected chi connectivity index (χ0v) is 9.37. The summed E-state index contributed by atoms with van der Waals surface area (Å²) in [5, 5.41) is 3.94. The largest absolute Gasteiger partial charge is 0.380 e. The van der Waals surface area contributed by atoms with Gasteiger partial charge in [0.05, 0.1) is 6.20 Å². The number of nitrogens with two attached hydrogens (primary N) is 1.